The highest BCUT2D eigenvalue weighted by molar-refractivity contribution is 5.93. The molecular weight excluding hydrogens is 634 g/mol. The van der Waals surface area contributed by atoms with E-state index in [1.165, 1.54) is 12.7 Å². The molecule has 5 rings (SSSR count). The molecule has 50 heavy (non-hydrogen) atoms. The Hall–Kier alpha value is -4.86. The molecule has 3 amide bonds. The van der Waals surface area contributed by atoms with Crippen LogP contribution in [0.5, 0.6) is 5.75 Å². The summed E-state index contributed by atoms with van der Waals surface area (Å²) in [5.74, 6) is -0.396. The summed E-state index contributed by atoms with van der Waals surface area (Å²) in [6.45, 7) is 11.4. The van der Waals surface area contributed by atoms with E-state index in [1.54, 1.807) is 37.8 Å². The van der Waals surface area contributed by atoms with Gasteiger partial charge in [0.05, 0.1) is 18.7 Å². The van der Waals surface area contributed by atoms with Gasteiger partial charge in [0.15, 0.2) is 0 Å². The number of alkyl carbamates (subject to hydrolysis) is 1. The maximum absolute atomic E-state index is 14.6. The fourth-order valence-electron chi connectivity index (χ4n) is 6.55. The lowest BCUT2D eigenvalue weighted by Gasteiger charge is -2.41. The van der Waals surface area contributed by atoms with E-state index in [2.05, 4.69) is 22.8 Å². The van der Waals surface area contributed by atoms with E-state index in [4.69, 9.17) is 14.2 Å². The molecule has 266 valence electrons. The molecule has 2 aliphatic rings. The summed E-state index contributed by atoms with van der Waals surface area (Å²) < 4.78 is 16.4. The van der Waals surface area contributed by atoms with Crippen molar-refractivity contribution >= 4 is 23.9 Å². The van der Waals surface area contributed by atoms with E-state index in [1.807, 2.05) is 63.2 Å². The number of amides is 3. The minimum atomic E-state index is -0.961. The third-order valence-electron chi connectivity index (χ3n) is 9.13. The second-order valence-electron chi connectivity index (χ2n) is 15.2. The summed E-state index contributed by atoms with van der Waals surface area (Å²) in [7, 11) is 1.34. The average molecular weight is 684 g/mol. The number of nitrogens with zero attached hydrogens (tertiary/aromatic N) is 1. The maximum atomic E-state index is 14.6. The molecule has 1 heterocycles. The molecule has 3 aromatic carbocycles. The molecule has 2 N–H and O–H groups in total. The van der Waals surface area contributed by atoms with Gasteiger partial charge in [-0.25, -0.2) is 9.59 Å². The van der Waals surface area contributed by atoms with Crippen LogP contribution < -0.4 is 15.4 Å². The van der Waals surface area contributed by atoms with Gasteiger partial charge in [0.25, 0.3) is 0 Å². The van der Waals surface area contributed by atoms with Gasteiger partial charge >= 0.3 is 12.1 Å². The molecular formula is C40H49N3O7. The van der Waals surface area contributed by atoms with Gasteiger partial charge in [-0.1, -0.05) is 63.2 Å². The zero-order chi connectivity index (χ0) is 36.2. The highest BCUT2D eigenvalue weighted by Crippen LogP contribution is 2.33. The van der Waals surface area contributed by atoms with E-state index in [-0.39, 0.29) is 31.0 Å². The molecule has 10 nitrogen and oxygen atoms in total. The molecule has 10 heteroatoms. The molecule has 0 spiro atoms. The van der Waals surface area contributed by atoms with Gasteiger partial charge in [-0.2, -0.15) is 0 Å². The number of hydrogen-bond acceptors (Lipinski definition) is 7. The number of carbonyl (C=O) groups is 4. The van der Waals surface area contributed by atoms with Gasteiger partial charge in [0.1, 0.15) is 30.0 Å². The number of esters is 1. The minimum absolute atomic E-state index is 0.151. The highest BCUT2D eigenvalue weighted by atomic mass is 16.6. The zero-order valence-corrected chi connectivity index (χ0v) is 30.1. The number of ether oxygens (including phenoxy) is 3. The maximum Gasteiger partial charge on any atom is 0.408 e. The summed E-state index contributed by atoms with van der Waals surface area (Å²) in [5.41, 5.74) is 4.03. The Morgan fingerprint density at radius 1 is 0.900 bits per heavy atom. The predicted octanol–water partition coefficient (Wildman–Crippen LogP) is 6.44. The van der Waals surface area contributed by atoms with Gasteiger partial charge in [-0.3, -0.25) is 9.59 Å². The smallest absolute Gasteiger partial charge is 0.408 e. The Morgan fingerprint density at radius 2 is 1.62 bits per heavy atom. The molecule has 0 saturated carbocycles. The molecule has 1 unspecified atom stereocenters. The normalized spacial score (nSPS) is 17.8. The largest absolute Gasteiger partial charge is 0.489 e. The van der Waals surface area contributed by atoms with Crippen molar-refractivity contribution in [2.75, 3.05) is 7.11 Å². The second-order valence-corrected chi connectivity index (χ2v) is 15.2. The fourth-order valence-corrected chi connectivity index (χ4v) is 6.55. The number of carbonyl (C=O) groups excluding carboxylic acids is 4. The molecule has 0 aromatic heterocycles. The third kappa shape index (κ3) is 8.83. The number of methoxy groups -OCH3 is 1. The van der Waals surface area contributed by atoms with Crippen LogP contribution in [0.3, 0.4) is 0 Å². The van der Waals surface area contributed by atoms with Crippen molar-refractivity contribution < 1.29 is 33.4 Å². The Kier molecular flexibility index (Phi) is 10.9. The monoisotopic (exact) mass is 683 g/mol. The lowest BCUT2D eigenvalue weighted by molar-refractivity contribution is -0.145. The average Bonchev–Trinajstić information content (AvgIpc) is 3.07. The fraction of sp³-hybridized carbons (Fsp3) is 0.450. The topological polar surface area (TPSA) is 123 Å². The summed E-state index contributed by atoms with van der Waals surface area (Å²) in [4.78, 5) is 55.2. The molecule has 3 aromatic rings. The van der Waals surface area contributed by atoms with Gasteiger partial charge in [0, 0.05) is 13.0 Å². The summed E-state index contributed by atoms with van der Waals surface area (Å²) >= 11 is 0. The van der Waals surface area contributed by atoms with E-state index in [9.17, 15) is 19.2 Å². The van der Waals surface area contributed by atoms with Crippen LogP contribution in [0.25, 0.3) is 0 Å². The number of nitrogens with one attached hydrogen (secondary N) is 2. The molecule has 0 radical (unpaired) electrons. The molecule has 0 saturated heterocycles. The Balaban J connectivity index is 1.41. The van der Waals surface area contributed by atoms with Crippen molar-refractivity contribution in [2.24, 2.45) is 5.41 Å². The third-order valence-corrected chi connectivity index (χ3v) is 9.13. The summed E-state index contributed by atoms with van der Waals surface area (Å²) in [6, 6.07) is 19.0. The predicted molar refractivity (Wildman–Crippen MR) is 189 cm³/mol. The number of benzene rings is 3. The first-order chi connectivity index (χ1) is 23.6. The van der Waals surface area contributed by atoms with Gasteiger partial charge < -0.3 is 29.7 Å². The molecule has 1 aliphatic heterocycles. The minimum Gasteiger partial charge on any atom is -0.489 e. The molecule has 3 atom stereocenters. The van der Waals surface area contributed by atoms with Crippen LogP contribution in [0.4, 0.5) is 4.79 Å². The SMILES string of the molecule is COC(=O)c1ccc(COc2ccc3c(c2)CN(C(=O)C(NC(=O)OC(C)(C)C)C(C)(C)C)[C@H](C(=O)N[C@@H]2CCCc4ccccc42)C3)cc1. The quantitative estimate of drug-likeness (QED) is 0.262. The Bertz CT molecular complexity index is 1720. The van der Waals surface area contributed by atoms with Crippen molar-refractivity contribution in [1.82, 2.24) is 15.5 Å². The Morgan fingerprint density at radius 3 is 2.30 bits per heavy atom. The van der Waals surface area contributed by atoms with Crippen LogP contribution in [-0.4, -0.2) is 53.6 Å². The number of hydrogen-bond donors (Lipinski definition) is 2. The standard InChI is InChI=1S/C40H49N3O7/c1-39(2,3)34(42-38(47)50-40(4,5)6)36(45)43-23-29-21-30(49-24-25-15-17-27(18-16-25)37(46)48-7)20-19-28(29)22-33(43)35(44)41-32-14-10-12-26-11-8-9-13-31(26)32/h8-9,11,13,15-21,32-34H,10,12,14,22-24H2,1-7H3,(H,41,44)(H,42,47)/t32-,33+,34?/m1/s1. The first-order valence-corrected chi connectivity index (χ1v) is 17.2. The summed E-state index contributed by atoms with van der Waals surface area (Å²) in [6.07, 6.45) is 2.36. The first kappa shape index (κ1) is 36.4. The second kappa shape index (κ2) is 14.9. The van der Waals surface area contributed by atoms with Crippen molar-refractivity contribution in [3.63, 3.8) is 0 Å². The van der Waals surface area contributed by atoms with Crippen molar-refractivity contribution in [2.45, 2.75) is 104 Å². The van der Waals surface area contributed by atoms with E-state index >= 15 is 0 Å². The van der Waals surface area contributed by atoms with Crippen LogP contribution >= 0.6 is 0 Å². The van der Waals surface area contributed by atoms with E-state index in [0.29, 0.717) is 17.7 Å². The van der Waals surface area contributed by atoms with Crippen molar-refractivity contribution in [1.29, 1.82) is 0 Å². The van der Waals surface area contributed by atoms with E-state index in [0.717, 1.165) is 41.5 Å². The van der Waals surface area contributed by atoms with Crippen molar-refractivity contribution in [3.8, 4) is 5.75 Å². The number of aryl methyl sites for hydroxylation is 1. The highest BCUT2D eigenvalue weighted by Gasteiger charge is 2.43. The number of fused-ring (bicyclic) bond motifs is 2. The molecule has 0 fully saturated rings. The lowest BCUT2D eigenvalue weighted by Crippen LogP contribution is -2.61. The van der Waals surface area contributed by atoms with Crippen molar-refractivity contribution in [3.05, 3.63) is 100 Å². The molecule has 1 aliphatic carbocycles. The van der Waals surface area contributed by atoms with E-state index < -0.39 is 35.2 Å². The van der Waals surface area contributed by atoms with Crippen LogP contribution in [0.2, 0.25) is 0 Å². The van der Waals surface area contributed by atoms with Crippen LogP contribution in [0.15, 0.2) is 66.7 Å². The van der Waals surface area contributed by atoms with Crippen LogP contribution in [0.1, 0.15) is 98.6 Å². The van der Waals surface area contributed by atoms with Crippen LogP contribution in [-0.2, 0) is 45.1 Å². The lowest BCUT2D eigenvalue weighted by atomic mass is 9.84. The number of rotatable bonds is 8. The zero-order valence-electron chi connectivity index (χ0n) is 30.1. The Labute approximate surface area is 294 Å². The van der Waals surface area contributed by atoms with Gasteiger partial charge in [-0.05, 0) is 97.5 Å². The van der Waals surface area contributed by atoms with Gasteiger partial charge in [0.2, 0.25) is 11.8 Å². The summed E-state index contributed by atoms with van der Waals surface area (Å²) in [5, 5.41) is 6.09. The van der Waals surface area contributed by atoms with Crippen LogP contribution in [0, 0.1) is 5.41 Å². The van der Waals surface area contributed by atoms with Gasteiger partial charge in [-0.15, -0.1) is 0 Å². The first-order valence-electron chi connectivity index (χ1n) is 17.2. The molecule has 0 bridgehead atoms.